The van der Waals surface area contributed by atoms with E-state index in [9.17, 15) is 4.79 Å². The number of nitrogens with zero attached hydrogens (tertiary/aromatic N) is 1. The number of fused-ring (bicyclic) bond motifs is 2. The maximum atomic E-state index is 11.4. The summed E-state index contributed by atoms with van der Waals surface area (Å²) in [6, 6.07) is 1.24. The molecular weight excluding hydrogens is 166 g/mol. The van der Waals surface area contributed by atoms with E-state index in [-0.39, 0.29) is 11.9 Å². The first-order chi connectivity index (χ1) is 6.27. The molecule has 3 rings (SSSR count). The predicted octanol–water partition coefficient (Wildman–Crippen LogP) is 1.03. The van der Waals surface area contributed by atoms with Crippen LogP contribution >= 0.6 is 0 Å². The lowest BCUT2D eigenvalue weighted by Crippen LogP contribution is -2.63. The Morgan fingerprint density at radius 2 is 2.31 bits per heavy atom. The summed E-state index contributed by atoms with van der Waals surface area (Å²) in [5, 5.41) is 0. The van der Waals surface area contributed by atoms with Crippen LogP contribution in [0.4, 0.5) is 0 Å². The zero-order valence-corrected chi connectivity index (χ0v) is 8.32. The maximum Gasteiger partial charge on any atom is 0.310 e. The lowest BCUT2D eigenvalue weighted by Gasteiger charge is -2.55. The fourth-order valence-electron chi connectivity index (χ4n) is 2.84. The Hall–Kier alpha value is -0.570. The van der Waals surface area contributed by atoms with Crippen LogP contribution in [0.3, 0.4) is 0 Å². The minimum absolute atomic E-state index is 0.0124. The van der Waals surface area contributed by atoms with Gasteiger partial charge in [0.25, 0.3) is 0 Å². The van der Waals surface area contributed by atoms with Gasteiger partial charge in [-0.1, -0.05) is 6.92 Å². The van der Waals surface area contributed by atoms with Crippen molar-refractivity contribution in [3.05, 3.63) is 0 Å². The first-order valence-corrected chi connectivity index (χ1v) is 5.11. The van der Waals surface area contributed by atoms with Crippen molar-refractivity contribution in [2.75, 3.05) is 13.7 Å². The van der Waals surface area contributed by atoms with Crippen LogP contribution in [-0.4, -0.2) is 36.6 Å². The maximum absolute atomic E-state index is 11.4. The van der Waals surface area contributed by atoms with E-state index in [0.29, 0.717) is 6.04 Å². The first kappa shape index (κ1) is 9.00. The molecule has 2 aliphatic heterocycles. The highest BCUT2D eigenvalue weighted by Gasteiger charge is 2.48. The Morgan fingerprint density at radius 1 is 1.54 bits per heavy atom. The van der Waals surface area contributed by atoms with Gasteiger partial charge >= 0.3 is 5.97 Å². The van der Waals surface area contributed by atoms with Gasteiger partial charge in [0.2, 0.25) is 0 Å². The summed E-state index contributed by atoms with van der Waals surface area (Å²) in [5.41, 5.74) is 0. The van der Waals surface area contributed by atoms with Crippen LogP contribution in [0.5, 0.6) is 0 Å². The molecular formula is C10H17NO2. The molecule has 0 aromatic heterocycles. The fraction of sp³-hybridized carbons (Fsp3) is 0.900. The summed E-state index contributed by atoms with van der Waals surface area (Å²) < 4.78 is 4.81. The molecule has 0 amide bonds. The van der Waals surface area contributed by atoms with E-state index < -0.39 is 0 Å². The molecule has 74 valence electrons. The van der Waals surface area contributed by atoms with E-state index in [1.54, 1.807) is 0 Å². The van der Waals surface area contributed by atoms with Crippen molar-refractivity contribution in [1.82, 2.24) is 4.90 Å². The highest BCUT2D eigenvalue weighted by molar-refractivity contribution is 5.73. The van der Waals surface area contributed by atoms with E-state index in [4.69, 9.17) is 4.74 Å². The number of ether oxygens (including phenoxy) is 1. The highest BCUT2D eigenvalue weighted by atomic mass is 16.5. The summed E-state index contributed by atoms with van der Waals surface area (Å²) >= 11 is 0. The SMILES string of the molecule is CCN1C2CCC(C(=O)OC)C1C2. The molecule has 0 aromatic rings. The number of carbonyl (C=O) groups is 1. The van der Waals surface area contributed by atoms with Crippen molar-refractivity contribution >= 4 is 5.97 Å². The smallest absolute Gasteiger partial charge is 0.310 e. The molecule has 13 heavy (non-hydrogen) atoms. The van der Waals surface area contributed by atoms with Gasteiger partial charge in [-0.25, -0.2) is 0 Å². The zero-order chi connectivity index (χ0) is 9.42. The molecule has 0 spiro atoms. The van der Waals surface area contributed by atoms with Gasteiger partial charge in [0.15, 0.2) is 0 Å². The second kappa shape index (κ2) is 3.29. The minimum atomic E-state index is -0.0124. The highest BCUT2D eigenvalue weighted by Crippen LogP contribution is 2.41. The Bertz CT molecular complexity index is 215. The number of piperidine rings is 1. The second-order valence-electron chi connectivity index (χ2n) is 3.99. The number of carbonyl (C=O) groups excluding carboxylic acids is 1. The lowest BCUT2D eigenvalue weighted by molar-refractivity contribution is -0.158. The Kier molecular flexibility index (Phi) is 2.28. The van der Waals surface area contributed by atoms with Crippen LogP contribution in [-0.2, 0) is 9.53 Å². The van der Waals surface area contributed by atoms with Gasteiger partial charge in [0, 0.05) is 12.1 Å². The monoisotopic (exact) mass is 183 g/mol. The molecule has 2 saturated heterocycles. The third-order valence-electron chi connectivity index (χ3n) is 3.55. The van der Waals surface area contributed by atoms with Crippen LogP contribution in [0.1, 0.15) is 26.2 Å². The predicted molar refractivity (Wildman–Crippen MR) is 49.3 cm³/mol. The van der Waals surface area contributed by atoms with Crippen molar-refractivity contribution in [2.45, 2.75) is 38.3 Å². The molecule has 0 aromatic carbocycles. The summed E-state index contributed by atoms with van der Waals surface area (Å²) in [6.45, 7) is 3.24. The fourth-order valence-corrected chi connectivity index (χ4v) is 2.84. The number of methoxy groups -OCH3 is 1. The molecule has 0 radical (unpaired) electrons. The van der Waals surface area contributed by atoms with E-state index in [0.717, 1.165) is 19.0 Å². The largest absolute Gasteiger partial charge is 0.469 e. The molecule has 0 N–H and O–H groups in total. The Morgan fingerprint density at radius 3 is 2.85 bits per heavy atom. The van der Waals surface area contributed by atoms with Crippen LogP contribution in [0.2, 0.25) is 0 Å². The Labute approximate surface area is 79.0 Å². The van der Waals surface area contributed by atoms with Crippen LogP contribution in [0, 0.1) is 5.92 Å². The quantitative estimate of drug-likeness (QED) is 0.599. The van der Waals surface area contributed by atoms with Gasteiger partial charge < -0.3 is 4.74 Å². The summed E-state index contributed by atoms with van der Waals surface area (Å²) in [4.78, 5) is 13.9. The van der Waals surface area contributed by atoms with Gasteiger partial charge in [0.1, 0.15) is 0 Å². The summed E-state index contributed by atoms with van der Waals surface area (Å²) in [5.74, 6) is 0.136. The van der Waals surface area contributed by atoms with Crippen LogP contribution < -0.4 is 0 Å². The van der Waals surface area contributed by atoms with E-state index in [2.05, 4.69) is 11.8 Å². The molecule has 3 fully saturated rings. The normalized spacial score (nSPS) is 38.2. The van der Waals surface area contributed by atoms with E-state index >= 15 is 0 Å². The van der Waals surface area contributed by atoms with Crippen molar-refractivity contribution in [3.63, 3.8) is 0 Å². The van der Waals surface area contributed by atoms with Crippen molar-refractivity contribution in [3.8, 4) is 0 Å². The van der Waals surface area contributed by atoms with Gasteiger partial charge in [-0.3, -0.25) is 9.69 Å². The molecule has 2 bridgehead atoms. The Balaban J connectivity index is 2.02. The average molecular weight is 183 g/mol. The third kappa shape index (κ3) is 1.26. The summed E-state index contributed by atoms with van der Waals surface area (Å²) in [7, 11) is 1.49. The van der Waals surface area contributed by atoms with Gasteiger partial charge in [-0.05, 0) is 25.8 Å². The first-order valence-electron chi connectivity index (χ1n) is 5.11. The second-order valence-corrected chi connectivity index (χ2v) is 3.99. The molecule has 3 nitrogen and oxygen atoms in total. The average Bonchev–Trinajstić information content (AvgIpc) is 2.17. The zero-order valence-electron chi connectivity index (χ0n) is 8.32. The summed E-state index contributed by atoms with van der Waals surface area (Å²) in [6.07, 6.45) is 3.40. The van der Waals surface area contributed by atoms with Crippen LogP contribution in [0.25, 0.3) is 0 Å². The van der Waals surface area contributed by atoms with E-state index in [1.165, 1.54) is 20.0 Å². The molecule has 3 atom stereocenters. The third-order valence-corrected chi connectivity index (χ3v) is 3.55. The topological polar surface area (TPSA) is 29.5 Å². The number of rotatable bonds is 2. The molecule has 1 aliphatic carbocycles. The molecule has 1 saturated carbocycles. The van der Waals surface area contributed by atoms with E-state index in [1.807, 2.05) is 0 Å². The minimum Gasteiger partial charge on any atom is -0.469 e. The van der Waals surface area contributed by atoms with Gasteiger partial charge in [0.05, 0.1) is 13.0 Å². The molecule has 3 heteroatoms. The number of hydrogen-bond acceptors (Lipinski definition) is 3. The molecule has 2 heterocycles. The molecule has 3 aliphatic rings. The lowest BCUT2D eigenvalue weighted by atomic mass is 9.72. The van der Waals surface area contributed by atoms with Crippen molar-refractivity contribution in [1.29, 1.82) is 0 Å². The van der Waals surface area contributed by atoms with Crippen molar-refractivity contribution < 1.29 is 9.53 Å². The van der Waals surface area contributed by atoms with Gasteiger partial charge in [-0.15, -0.1) is 0 Å². The number of esters is 1. The van der Waals surface area contributed by atoms with Gasteiger partial charge in [-0.2, -0.15) is 0 Å². The number of hydrogen-bond donors (Lipinski definition) is 0. The molecule has 3 unspecified atom stereocenters. The van der Waals surface area contributed by atoms with Crippen LogP contribution in [0.15, 0.2) is 0 Å². The standard InChI is InChI=1S/C10H17NO2/c1-3-11-7-4-5-8(9(11)6-7)10(12)13-2/h7-9H,3-6H2,1-2H3. The van der Waals surface area contributed by atoms with Crippen molar-refractivity contribution in [2.24, 2.45) is 5.92 Å².